The average Bonchev–Trinajstić information content (AvgIpc) is 2.80. The van der Waals surface area contributed by atoms with E-state index in [0.717, 1.165) is 36.1 Å². The summed E-state index contributed by atoms with van der Waals surface area (Å²) in [6, 6.07) is 18.8. The van der Waals surface area contributed by atoms with Crippen molar-refractivity contribution in [3.8, 4) is 0 Å². The van der Waals surface area contributed by atoms with Gasteiger partial charge in [-0.2, -0.15) is 0 Å². The fourth-order valence-corrected chi connectivity index (χ4v) is 5.02. The average molecular weight is 556 g/mol. The molecule has 0 saturated heterocycles. The van der Waals surface area contributed by atoms with E-state index in [-0.39, 0.29) is 5.91 Å². The van der Waals surface area contributed by atoms with Crippen LogP contribution in [0, 0.1) is 13.8 Å². The standard InChI is InChI=1S/C18H18BrNO.C9H10BrN/c1-12-3-4-15(9-13(12)2)18(21)20-8-7-14-5-6-17(19)10-16(14)11-20;10-9-2-1-7-3-4-11-6-8(7)5-9/h3-6,9-10H,7-8,11H2,1-2H3;1-2,5,11H,3-4,6H2. The predicted octanol–water partition coefficient (Wildman–Crippen LogP) is 6.36. The molecule has 0 aliphatic carbocycles. The monoisotopic (exact) mass is 554 g/mol. The highest BCUT2D eigenvalue weighted by atomic mass is 79.9. The fourth-order valence-electron chi connectivity index (χ4n) is 4.21. The molecule has 0 radical (unpaired) electrons. The van der Waals surface area contributed by atoms with Crippen molar-refractivity contribution in [2.24, 2.45) is 0 Å². The summed E-state index contributed by atoms with van der Waals surface area (Å²) in [7, 11) is 0. The second-order valence-corrected chi connectivity index (χ2v) is 10.4. The Hall–Kier alpha value is -1.95. The molecule has 1 N–H and O–H groups in total. The van der Waals surface area contributed by atoms with E-state index in [9.17, 15) is 4.79 Å². The van der Waals surface area contributed by atoms with Gasteiger partial charge in [0.15, 0.2) is 0 Å². The van der Waals surface area contributed by atoms with Crippen LogP contribution in [-0.2, 0) is 25.9 Å². The number of carbonyl (C=O) groups excluding carboxylic acids is 1. The third-order valence-corrected chi connectivity index (χ3v) is 7.26. The third kappa shape index (κ3) is 5.51. The van der Waals surface area contributed by atoms with Crippen LogP contribution < -0.4 is 5.32 Å². The zero-order valence-corrected chi connectivity index (χ0v) is 21.7. The molecule has 2 heterocycles. The molecular formula is C27H28Br2N2O. The maximum atomic E-state index is 12.7. The highest BCUT2D eigenvalue weighted by molar-refractivity contribution is 9.10. The Bertz CT molecular complexity index is 1140. The summed E-state index contributed by atoms with van der Waals surface area (Å²) in [5.41, 5.74) is 8.70. The van der Waals surface area contributed by atoms with Crippen molar-refractivity contribution in [2.75, 3.05) is 13.1 Å². The lowest BCUT2D eigenvalue weighted by molar-refractivity contribution is 0.0734. The lowest BCUT2D eigenvalue weighted by Crippen LogP contribution is -2.36. The minimum absolute atomic E-state index is 0.128. The first-order chi connectivity index (χ1) is 15.4. The van der Waals surface area contributed by atoms with Crippen molar-refractivity contribution < 1.29 is 4.79 Å². The minimum Gasteiger partial charge on any atom is -0.334 e. The molecule has 0 spiro atoms. The molecule has 5 heteroatoms. The molecule has 0 unspecified atom stereocenters. The minimum atomic E-state index is 0.128. The molecule has 2 aliphatic heterocycles. The van der Waals surface area contributed by atoms with Crippen molar-refractivity contribution in [1.82, 2.24) is 10.2 Å². The van der Waals surface area contributed by atoms with E-state index < -0.39 is 0 Å². The SMILES string of the molecule is Brc1ccc2c(c1)CNCC2.Cc1ccc(C(=O)N2CCc3ccc(Br)cc3C2)cc1C. The van der Waals surface area contributed by atoms with Crippen LogP contribution in [0.4, 0.5) is 0 Å². The number of fused-ring (bicyclic) bond motifs is 2. The van der Waals surface area contributed by atoms with Crippen molar-refractivity contribution >= 4 is 37.8 Å². The summed E-state index contributed by atoms with van der Waals surface area (Å²) >= 11 is 6.97. The van der Waals surface area contributed by atoms with Gasteiger partial charge in [-0.25, -0.2) is 0 Å². The molecule has 1 amide bonds. The van der Waals surface area contributed by atoms with Gasteiger partial charge < -0.3 is 10.2 Å². The third-order valence-electron chi connectivity index (χ3n) is 6.28. The van der Waals surface area contributed by atoms with Crippen LogP contribution in [0.15, 0.2) is 63.5 Å². The number of benzene rings is 3. The second-order valence-electron chi connectivity index (χ2n) is 8.53. The van der Waals surface area contributed by atoms with E-state index in [1.165, 1.54) is 44.3 Å². The summed E-state index contributed by atoms with van der Waals surface area (Å²) < 4.78 is 2.25. The molecule has 0 saturated carbocycles. The highest BCUT2D eigenvalue weighted by Gasteiger charge is 2.22. The van der Waals surface area contributed by atoms with Gasteiger partial charge in [-0.3, -0.25) is 4.79 Å². The quantitative estimate of drug-likeness (QED) is 0.379. The van der Waals surface area contributed by atoms with E-state index in [1.807, 2.05) is 23.1 Å². The molecule has 0 fully saturated rings. The van der Waals surface area contributed by atoms with Crippen LogP contribution in [0.25, 0.3) is 0 Å². The van der Waals surface area contributed by atoms with Gasteiger partial charge in [-0.15, -0.1) is 0 Å². The Morgan fingerprint density at radius 2 is 1.50 bits per heavy atom. The van der Waals surface area contributed by atoms with Crippen LogP contribution in [0.1, 0.15) is 43.7 Å². The topological polar surface area (TPSA) is 32.3 Å². The lowest BCUT2D eigenvalue weighted by Gasteiger charge is -2.29. The first kappa shape index (κ1) is 23.2. The lowest BCUT2D eigenvalue weighted by atomic mass is 9.98. The van der Waals surface area contributed by atoms with Gasteiger partial charge >= 0.3 is 0 Å². The molecule has 3 nitrogen and oxygen atoms in total. The number of halogens is 2. The van der Waals surface area contributed by atoms with Gasteiger partial charge in [0, 0.05) is 34.1 Å². The van der Waals surface area contributed by atoms with Gasteiger partial charge in [0.2, 0.25) is 0 Å². The number of hydrogen-bond donors (Lipinski definition) is 1. The molecule has 0 aromatic heterocycles. The number of carbonyl (C=O) groups is 1. The number of hydrogen-bond acceptors (Lipinski definition) is 2. The Morgan fingerprint density at radius 1 is 0.812 bits per heavy atom. The normalized spacial score (nSPS) is 14.7. The van der Waals surface area contributed by atoms with Crippen LogP contribution in [0.3, 0.4) is 0 Å². The summed E-state index contributed by atoms with van der Waals surface area (Å²) in [6.07, 6.45) is 2.10. The Labute approximate surface area is 207 Å². The number of amides is 1. The maximum Gasteiger partial charge on any atom is 0.254 e. The summed E-state index contributed by atoms with van der Waals surface area (Å²) in [5, 5.41) is 3.35. The fraction of sp³-hybridized carbons (Fsp3) is 0.296. The van der Waals surface area contributed by atoms with Crippen LogP contribution in [0.2, 0.25) is 0 Å². The van der Waals surface area contributed by atoms with E-state index in [4.69, 9.17) is 0 Å². The van der Waals surface area contributed by atoms with E-state index in [1.54, 1.807) is 0 Å². The van der Waals surface area contributed by atoms with Crippen molar-refractivity contribution in [2.45, 2.75) is 39.8 Å². The molecule has 5 rings (SSSR count). The smallest absolute Gasteiger partial charge is 0.254 e. The van der Waals surface area contributed by atoms with E-state index in [0.29, 0.717) is 6.54 Å². The number of aryl methyl sites for hydroxylation is 2. The number of nitrogens with zero attached hydrogens (tertiary/aromatic N) is 1. The predicted molar refractivity (Wildman–Crippen MR) is 138 cm³/mol. The van der Waals surface area contributed by atoms with E-state index >= 15 is 0 Å². The maximum absolute atomic E-state index is 12.7. The summed E-state index contributed by atoms with van der Waals surface area (Å²) in [4.78, 5) is 14.6. The number of nitrogens with one attached hydrogen (secondary N) is 1. The summed E-state index contributed by atoms with van der Waals surface area (Å²) in [5.74, 6) is 0.128. The van der Waals surface area contributed by atoms with Crippen LogP contribution in [-0.4, -0.2) is 23.9 Å². The van der Waals surface area contributed by atoms with Crippen molar-refractivity contribution in [3.63, 3.8) is 0 Å². The molecule has 3 aromatic carbocycles. The van der Waals surface area contributed by atoms with Gasteiger partial charge in [0.05, 0.1) is 0 Å². The second kappa shape index (κ2) is 10.3. The molecule has 32 heavy (non-hydrogen) atoms. The molecule has 3 aromatic rings. The van der Waals surface area contributed by atoms with Gasteiger partial charge in [0.1, 0.15) is 0 Å². The molecule has 0 atom stereocenters. The highest BCUT2D eigenvalue weighted by Crippen LogP contribution is 2.24. The first-order valence-electron chi connectivity index (χ1n) is 11.0. The molecular weight excluding hydrogens is 528 g/mol. The molecule has 0 bridgehead atoms. The molecule has 2 aliphatic rings. The Balaban J connectivity index is 0.000000186. The zero-order chi connectivity index (χ0) is 22.7. The van der Waals surface area contributed by atoms with Crippen molar-refractivity contribution in [3.05, 3.63) is 102 Å². The van der Waals surface area contributed by atoms with Crippen LogP contribution >= 0.6 is 31.9 Å². The summed E-state index contributed by atoms with van der Waals surface area (Å²) in [6.45, 7) is 7.75. The number of rotatable bonds is 1. The van der Waals surface area contributed by atoms with Gasteiger partial charge in [-0.05, 0) is 103 Å². The Kier molecular flexibility index (Phi) is 7.49. The van der Waals surface area contributed by atoms with Gasteiger partial charge in [0.25, 0.3) is 5.91 Å². The zero-order valence-electron chi connectivity index (χ0n) is 18.6. The van der Waals surface area contributed by atoms with Crippen molar-refractivity contribution in [1.29, 1.82) is 0 Å². The molecule has 166 valence electrons. The largest absolute Gasteiger partial charge is 0.334 e. The van der Waals surface area contributed by atoms with Crippen LogP contribution in [0.5, 0.6) is 0 Å². The Morgan fingerprint density at radius 3 is 2.22 bits per heavy atom. The first-order valence-corrected chi connectivity index (χ1v) is 12.6. The van der Waals surface area contributed by atoms with E-state index in [2.05, 4.69) is 87.4 Å². The van der Waals surface area contributed by atoms with Gasteiger partial charge in [-0.1, -0.05) is 50.1 Å².